The molecule has 21 heavy (non-hydrogen) atoms. The summed E-state index contributed by atoms with van der Waals surface area (Å²) in [5.74, 6) is -0.344. The molecule has 0 aliphatic rings. The molecule has 1 aromatic heterocycles. The predicted octanol–water partition coefficient (Wildman–Crippen LogP) is 1.27. The van der Waals surface area contributed by atoms with Crippen molar-refractivity contribution >= 4 is 0 Å². The Kier molecular flexibility index (Phi) is 5.19. The molecule has 112 valence electrons. The number of aromatic nitrogens is 2. The third-order valence-electron chi connectivity index (χ3n) is 2.91. The number of benzene rings is 1. The second kappa shape index (κ2) is 7.10. The van der Waals surface area contributed by atoms with Gasteiger partial charge in [0, 0.05) is 11.6 Å². The van der Waals surface area contributed by atoms with E-state index in [4.69, 9.17) is 4.74 Å². The lowest BCUT2D eigenvalue weighted by atomic mass is 10.2. The van der Waals surface area contributed by atoms with Gasteiger partial charge in [-0.25, -0.2) is 9.07 Å². The maximum Gasteiger partial charge on any atom is 0.266 e. The molecule has 1 aromatic carbocycles. The number of hydrogen-bond acceptors (Lipinski definition) is 4. The van der Waals surface area contributed by atoms with Crippen LogP contribution in [-0.2, 0) is 17.9 Å². The van der Waals surface area contributed by atoms with E-state index in [9.17, 15) is 14.3 Å². The highest BCUT2D eigenvalue weighted by Crippen LogP contribution is 2.07. The fourth-order valence-electron chi connectivity index (χ4n) is 1.85. The van der Waals surface area contributed by atoms with E-state index in [1.807, 2.05) is 0 Å². The standard InChI is InChI=1S/C15H17FN2O3/c1-11-6-7-15(20)18(17-11)8-13(19)10-21-9-12-4-2-3-5-14(12)16/h2-7,13,19H,8-10H2,1H3. The van der Waals surface area contributed by atoms with Gasteiger partial charge < -0.3 is 9.84 Å². The van der Waals surface area contributed by atoms with Gasteiger partial charge in [-0.3, -0.25) is 4.79 Å². The Bertz CT molecular complexity index is 657. The summed E-state index contributed by atoms with van der Waals surface area (Å²) in [6, 6.07) is 9.30. The molecule has 1 atom stereocenters. The van der Waals surface area contributed by atoms with Crippen molar-refractivity contribution in [3.8, 4) is 0 Å². The van der Waals surface area contributed by atoms with Crippen molar-refractivity contribution in [3.63, 3.8) is 0 Å². The zero-order chi connectivity index (χ0) is 15.2. The molecule has 1 N–H and O–H groups in total. The highest BCUT2D eigenvalue weighted by atomic mass is 19.1. The van der Waals surface area contributed by atoms with Crippen molar-refractivity contribution in [3.05, 3.63) is 63.8 Å². The van der Waals surface area contributed by atoms with Gasteiger partial charge in [0.05, 0.1) is 31.6 Å². The van der Waals surface area contributed by atoms with Crippen LogP contribution in [-0.4, -0.2) is 27.6 Å². The number of aliphatic hydroxyl groups is 1. The van der Waals surface area contributed by atoms with Gasteiger partial charge in [-0.2, -0.15) is 5.10 Å². The molecule has 0 spiro atoms. The summed E-state index contributed by atoms with van der Waals surface area (Å²) < 4.78 is 19.8. The average Bonchev–Trinajstić information content (AvgIpc) is 2.45. The van der Waals surface area contributed by atoms with Gasteiger partial charge in [0.15, 0.2) is 0 Å². The molecule has 1 heterocycles. The highest BCUT2D eigenvalue weighted by Gasteiger charge is 2.09. The molecule has 0 fully saturated rings. The van der Waals surface area contributed by atoms with Crippen LogP contribution in [0.5, 0.6) is 0 Å². The largest absolute Gasteiger partial charge is 0.389 e. The van der Waals surface area contributed by atoms with Crippen LogP contribution in [0.1, 0.15) is 11.3 Å². The molecule has 0 bridgehead atoms. The summed E-state index contributed by atoms with van der Waals surface area (Å²) in [4.78, 5) is 11.5. The van der Waals surface area contributed by atoms with E-state index >= 15 is 0 Å². The zero-order valence-corrected chi connectivity index (χ0v) is 11.7. The Hall–Kier alpha value is -2.05. The van der Waals surface area contributed by atoms with E-state index in [0.29, 0.717) is 11.3 Å². The Balaban J connectivity index is 1.85. The third kappa shape index (κ3) is 4.47. The van der Waals surface area contributed by atoms with Crippen LogP contribution in [0.3, 0.4) is 0 Å². The summed E-state index contributed by atoms with van der Waals surface area (Å²) in [6.45, 7) is 1.87. The quantitative estimate of drug-likeness (QED) is 0.871. The topological polar surface area (TPSA) is 64.4 Å². The molecule has 0 radical (unpaired) electrons. The predicted molar refractivity (Wildman–Crippen MR) is 75.3 cm³/mol. The van der Waals surface area contributed by atoms with Crippen LogP contribution in [0.15, 0.2) is 41.2 Å². The molecule has 0 saturated heterocycles. The Morgan fingerprint density at radius 1 is 1.33 bits per heavy atom. The van der Waals surface area contributed by atoms with Crippen molar-refractivity contribution in [2.45, 2.75) is 26.2 Å². The number of hydrogen-bond donors (Lipinski definition) is 1. The Morgan fingerprint density at radius 2 is 2.10 bits per heavy atom. The van der Waals surface area contributed by atoms with Crippen LogP contribution in [0.25, 0.3) is 0 Å². The summed E-state index contributed by atoms with van der Waals surface area (Å²) in [5.41, 5.74) is 0.832. The van der Waals surface area contributed by atoms with Gasteiger partial charge in [0.2, 0.25) is 0 Å². The second-order valence-electron chi connectivity index (χ2n) is 4.76. The van der Waals surface area contributed by atoms with Gasteiger partial charge in [-0.1, -0.05) is 18.2 Å². The molecule has 2 rings (SSSR count). The van der Waals surface area contributed by atoms with Gasteiger partial charge in [0.1, 0.15) is 5.82 Å². The SMILES string of the molecule is Cc1ccc(=O)n(CC(O)COCc2ccccc2F)n1. The maximum atomic E-state index is 13.4. The Labute approximate surface area is 121 Å². The lowest BCUT2D eigenvalue weighted by Gasteiger charge is -2.12. The minimum Gasteiger partial charge on any atom is -0.389 e. The van der Waals surface area contributed by atoms with Crippen molar-refractivity contribution in [1.82, 2.24) is 9.78 Å². The molecular weight excluding hydrogens is 275 g/mol. The Morgan fingerprint density at radius 3 is 2.86 bits per heavy atom. The molecular formula is C15H17FN2O3. The fraction of sp³-hybridized carbons (Fsp3) is 0.333. The van der Waals surface area contributed by atoms with E-state index in [-0.39, 0.29) is 31.1 Å². The molecule has 0 saturated carbocycles. The van der Waals surface area contributed by atoms with Crippen LogP contribution in [0.4, 0.5) is 4.39 Å². The van der Waals surface area contributed by atoms with Crippen LogP contribution >= 0.6 is 0 Å². The smallest absolute Gasteiger partial charge is 0.266 e. The summed E-state index contributed by atoms with van der Waals surface area (Å²) >= 11 is 0. The van der Waals surface area contributed by atoms with Gasteiger partial charge in [-0.05, 0) is 19.1 Å². The summed E-state index contributed by atoms with van der Waals surface area (Å²) in [5, 5.41) is 13.9. The summed E-state index contributed by atoms with van der Waals surface area (Å²) in [7, 11) is 0. The number of aliphatic hydroxyl groups excluding tert-OH is 1. The van der Waals surface area contributed by atoms with Gasteiger partial charge in [0.25, 0.3) is 5.56 Å². The van der Waals surface area contributed by atoms with Gasteiger partial charge >= 0.3 is 0 Å². The monoisotopic (exact) mass is 292 g/mol. The van der Waals surface area contributed by atoms with Crippen molar-refractivity contribution < 1.29 is 14.2 Å². The third-order valence-corrected chi connectivity index (χ3v) is 2.91. The average molecular weight is 292 g/mol. The number of ether oxygens (including phenoxy) is 1. The lowest BCUT2D eigenvalue weighted by Crippen LogP contribution is -2.31. The molecule has 0 aliphatic heterocycles. The molecule has 1 unspecified atom stereocenters. The number of aryl methyl sites for hydroxylation is 1. The molecule has 0 aliphatic carbocycles. The van der Waals surface area contributed by atoms with E-state index in [1.54, 1.807) is 31.2 Å². The first-order chi connectivity index (χ1) is 10.1. The number of halogens is 1. The first-order valence-corrected chi connectivity index (χ1v) is 6.60. The molecule has 0 amide bonds. The van der Waals surface area contributed by atoms with Gasteiger partial charge in [-0.15, -0.1) is 0 Å². The molecule has 5 nitrogen and oxygen atoms in total. The molecule has 2 aromatic rings. The summed E-state index contributed by atoms with van der Waals surface area (Å²) in [6.07, 6.45) is -0.885. The van der Waals surface area contributed by atoms with E-state index < -0.39 is 6.10 Å². The maximum absolute atomic E-state index is 13.4. The van der Waals surface area contributed by atoms with E-state index in [2.05, 4.69) is 5.10 Å². The minimum atomic E-state index is -0.885. The zero-order valence-electron chi connectivity index (χ0n) is 11.7. The van der Waals surface area contributed by atoms with Crippen LogP contribution < -0.4 is 5.56 Å². The first kappa shape index (κ1) is 15.3. The van der Waals surface area contributed by atoms with E-state index in [1.165, 1.54) is 16.8 Å². The van der Waals surface area contributed by atoms with E-state index in [0.717, 1.165) is 0 Å². The second-order valence-corrected chi connectivity index (χ2v) is 4.76. The lowest BCUT2D eigenvalue weighted by molar-refractivity contribution is 0.0171. The van der Waals surface area contributed by atoms with Crippen LogP contribution in [0.2, 0.25) is 0 Å². The molecule has 6 heteroatoms. The fourth-order valence-corrected chi connectivity index (χ4v) is 1.85. The van der Waals surface area contributed by atoms with Crippen molar-refractivity contribution in [2.24, 2.45) is 0 Å². The normalized spacial score (nSPS) is 12.3. The highest BCUT2D eigenvalue weighted by molar-refractivity contribution is 5.16. The van der Waals surface area contributed by atoms with Crippen molar-refractivity contribution in [1.29, 1.82) is 0 Å². The minimum absolute atomic E-state index is 0.00358. The number of rotatable bonds is 6. The number of nitrogens with zero attached hydrogens (tertiary/aromatic N) is 2. The van der Waals surface area contributed by atoms with Crippen LogP contribution in [0, 0.1) is 12.7 Å². The van der Waals surface area contributed by atoms with Crippen molar-refractivity contribution in [2.75, 3.05) is 6.61 Å². The first-order valence-electron chi connectivity index (χ1n) is 6.60.